The standard InChI is InChI=1S/C31H34F2N8O3/c32-25-6-2-23(3-7-25)30-36-31(24-4-8-26(33)9-5-24)41(37-30)21-29(42)40-13-11-39(12-14-40)27-20-28(35-22-34-27)44-17-1-10-38-15-18-43-19-16-38/h2-9,20,22H,1,10-19,21H2. The van der Waals surface area contributed by atoms with E-state index in [1.807, 2.05) is 6.07 Å². The van der Waals surface area contributed by atoms with Crippen molar-refractivity contribution in [3.05, 3.63) is 72.6 Å². The van der Waals surface area contributed by atoms with Crippen molar-refractivity contribution in [2.75, 3.05) is 70.5 Å². The number of carbonyl (C=O) groups is 1. The number of anilines is 1. The molecule has 2 aromatic heterocycles. The number of nitrogens with zero attached hydrogens (tertiary/aromatic N) is 8. The fraction of sp³-hybridized carbons (Fsp3) is 0.387. The molecule has 0 atom stereocenters. The van der Waals surface area contributed by atoms with Gasteiger partial charge >= 0.3 is 0 Å². The van der Waals surface area contributed by atoms with Gasteiger partial charge in [0.05, 0.1) is 19.8 Å². The van der Waals surface area contributed by atoms with E-state index in [0.717, 1.165) is 45.1 Å². The van der Waals surface area contributed by atoms with Crippen molar-refractivity contribution in [3.8, 4) is 28.7 Å². The smallest absolute Gasteiger partial charge is 0.244 e. The third kappa shape index (κ3) is 7.34. The second-order valence-corrected chi connectivity index (χ2v) is 10.7. The molecule has 0 aliphatic carbocycles. The number of ether oxygens (including phenoxy) is 2. The highest BCUT2D eigenvalue weighted by atomic mass is 19.1. The predicted octanol–water partition coefficient (Wildman–Crippen LogP) is 3.13. The van der Waals surface area contributed by atoms with Gasteiger partial charge in [0, 0.05) is 63.0 Å². The maximum Gasteiger partial charge on any atom is 0.244 e. The Bertz CT molecular complexity index is 1540. The molecule has 44 heavy (non-hydrogen) atoms. The number of carbonyl (C=O) groups excluding carboxylic acids is 1. The molecule has 0 radical (unpaired) electrons. The van der Waals surface area contributed by atoms with Crippen molar-refractivity contribution in [3.63, 3.8) is 0 Å². The first-order valence-electron chi connectivity index (χ1n) is 14.8. The highest BCUT2D eigenvalue weighted by molar-refractivity contribution is 5.77. The van der Waals surface area contributed by atoms with E-state index in [9.17, 15) is 13.6 Å². The van der Waals surface area contributed by atoms with E-state index in [2.05, 4.69) is 29.9 Å². The number of halogens is 2. The van der Waals surface area contributed by atoms with Gasteiger partial charge in [0.15, 0.2) is 11.6 Å². The number of rotatable bonds is 10. The highest BCUT2D eigenvalue weighted by Gasteiger charge is 2.24. The molecule has 0 N–H and O–H groups in total. The first-order chi connectivity index (χ1) is 21.5. The van der Waals surface area contributed by atoms with Crippen molar-refractivity contribution in [2.24, 2.45) is 0 Å². The molecule has 2 fully saturated rings. The van der Waals surface area contributed by atoms with Crippen LogP contribution in [-0.4, -0.2) is 106 Å². The van der Waals surface area contributed by atoms with Crippen LogP contribution >= 0.6 is 0 Å². The Kier molecular flexibility index (Phi) is 9.32. The minimum absolute atomic E-state index is 0.0448. The number of morpholine rings is 1. The van der Waals surface area contributed by atoms with Gasteiger partial charge in [0.1, 0.15) is 30.3 Å². The Labute approximate surface area is 254 Å². The lowest BCUT2D eigenvalue weighted by molar-refractivity contribution is -0.132. The maximum absolute atomic E-state index is 13.6. The minimum Gasteiger partial charge on any atom is -0.477 e. The van der Waals surface area contributed by atoms with Crippen molar-refractivity contribution >= 4 is 11.7 Å². The summed E-state index contributed by atoms with van der Waals surface area (Å²) in [5.74, 6) is 1.21. The second-order valence-electron chi connectivity index (χ2n) is 10.7. The van der Waals surface area contributed by atoms with Crippen LogP contribution < -0.4 is 9.64 Å². The average molecular weight is 605 g/mol. The van der Waals surface area contributed by atoms with Gasteiger partial charge in [0.25, 0.3) is 0 Å². The fourth-order valence-electron chi connectivity index (χ4n) is 5.27. The van der Waals surface area contributed by atoms with Crippen LogP contribution in [-0.2, 0) is 16.1 Å². The van der Waals surface area contributed by atoms with Gasteiger partial charge in [-0.25, -0.2) is 28.4 Å². The quantitative estimate of drug-likeness (QED) is 0.253. The SMILES string of the molecule is O=C(Cn1nc(-c2ccc(F)cc2)nc1-c1ccc(F)cc1)N1CCN(c2cc(OCCCN3CCOCC3)ncn2)CC1. The van der Waals surface area contributed by atoms with Crippen LogP contribution in [0.5, 0.6) is 5.88 Å². The first kappa shape index (κ1) is 29.6. The van der Waals surface area contributed by atoms with Crippen molar-refractivity contribution < 1.29 is 23.0 Å². The summed E-state index contributed by atoms with van der Waals surface area (Å²) in [5, 5.41) is 4.57. The van der Waals surface area contributed by atoms with Crippen LogP contribution in [0.1, 0.15) is 6.42 Å². The molecule has 0 saturated carbocycles. The molecule has 0 spiro atoms. The molecular formula is C31H34F2N8O3. The number of hydrogen-bond acceptors (Lipinski definition) is 9. The van der Waals surface area contributed by atoms with Crippen LogP contribution in [0.25, 0.3) is 22.8 Å². The summed E-state index contributed by atoms with van der Waals surface area (Å²) in [6, 6.07) is 13.5. The van der Waals surface area contributed by atoms with Gasteiger partial charge in [-0.3, -0.25) is 9.69 Å². The van der Waals surface area contributed by atoms with Crippen LogP contribution in [0.3, 0.4) is 0 Å². The van der Waals surface area contributed by atoms with Crippen molar-refractivity contribution in [2.45, 2.75) is 13.0 Å². The van der Waals surface area contributed by atoms with E-state index in [4.69, 9.17) is 9.47 Å². The zero-order valence-corrected chi connectivity index (χ0v) is 24.3. The van der Waals surface area contributed by atoms with Crippen molar-refractivity contribution in [1.82, 2.24) is 34.5 Å². The molecule has 0 bridgehead atoms. The zero-order chi connectivity index (χ0) is 30.3. The Morgan fingerprint density at radius 1 is 0.864 bits per heavy atom. The molecule has 2 aliphatic heterocycles. The van der Waals surface area contributed by atoms with Crippen LogP contribution in [0.2, 0.25) is 0 Å². The highest BCUT2D eigenvalue weighted by Crippen LogP contribution is 2.24. The Hall–Kier alpha value is -4.49. The molecule has 0 unspecified atom stereocenters. The van der Waals surface area contributed by atoms with Crippen molar-refractivity contribution in [1.29, 1.82) is 0 Å². The monoisotopic (exact) mass is 604 g/mol. The lowest BCUT2D eigenvalue weighted by Crippen LogP contribution is -2.50. The number of hydrogen-bond donors (Lipinski definition) is 0. The number of benzene rings is 2. The maximum atomic E-state index is 13.6. The lowest BCUT2D eigenvalue weighted by atomic mass is 10.2. The van der Waals surface area contributed by atoms with E-state index < -0.39 is 0 Å². The van der Waals surface area contributed by atoms with Gasteiger partial charge in [-0.2, -0.15) is 0 Å². The molecule has 4 aromatic rings. The normalized spacial score (nSPS) is 15.9. The predicted molar refractivity (Wildman–Crippen MR) is 159 cm³/mol. The van der Waals surface area contributed by atoms with Gasteiger partial charge in [0.2, 0.25) is 11.8 Å². The van der Waals surface area contributed by atoms with Gasteiger partial charge in [-0.05, 0) is 55.0 Å². The molecule has 2 saturated heterocycles. The van der Waals surface area contributed by atoms with E-state index in [-0.39, 0.29) is 24.1 Å². The number of amides is 1. The van der Waals surface area contributed by atoms with Crippen LogP contribution in [0.4, 0.5) is 14.6 Å². The molecule has 1 amide bonds. The summed E-state index contributed by atoms with van der Waals surface area (Å²) in [6.45, 7) is 7.17. The number of aromatic nitrogens is 5. The Morgan fingerprint density at radius 2 is 1.55 bits per heavy atom. The molecule has 4 heterocycles. The lowest BCUT2D eigenvalue weighted by Gasteiger charge is -2.35. The first-order valence-corrected chi connectivity index (χ1v) is 14.8. The van der Waals surface area contributed by atoms with Crippen LogP contribution in [0, 0.1) is 11.6 Å². The molecule has 11 nitrogen and oxygen atoms in total. The van der Waals surface area contributed by atoms with E-state index in [1.165, 1.54) is 35.3 Å². The van der Waals surface area contributed by atoms with E-state index in [0.29, 0.717) is 61.4 Å². The molecular weight excluding hydrogens is 570 g/mol. The Morgan fingerprint density at radius 3 is 2.25 bits per heavy atom. The minimum atomic E-state index is -0.376. The summed E-state index contributed by atoms with van der Waals surface area (Å²) in [6.07, 6.45) is 2.41. The fourth-order valence-corrected chi connectivity index (χ4v) is 5.27. The molecule has 2 aromatic carbocycles. The van der Waals surface area contributed by atoms with Gasteiger partial charge in [-0.15, -0.1) is 5.10 Å². The molecule has 13 heteroatoms. The summed E-state index contributed by atoms with van der Waals surface area (Å²) >= 11 is 0. The topological polar surface area (TPSA) is 102 Å². The summed E-state index contributed by atoms with van der Waals surface area (Å²) in [5.41, 5.74) is 1.23. The Balaban J connectivity index is 1.06. The molecule has 2 aliphatic rings. The zero-order valence-electron chi connectivity index (χ0n) is 24.3. The second kappa shape index (κ2) is 13.9. The van der Waals surface area contributed by atoms with Gasteiger partial charge < -0.3 is 19.3 Å². The van der Waals surface area contributed by atoms with E-state index in [1.54, 1.807) is 29.2 Å². The molecule has 6 rings (SSSR count). The average Bonchev–Trinajstić information content (AvgIpc) is 3.48. The molecule has 230 valence electrons. The van der Waals surface area contributed by atoms with E-state index >= 15 is 0 Å². The summed E-state index contributed by atoms with van der Waals surface area (Å²) in [4.78, 5) is 33.0. The van der Waals surface area contributed by atoms with Gasteiger partial charge in [-0.1, -0.05) is 0 Å². The van der Waals surface area contributed by atoms with Crippen LogP contribution in [0.15, 0.2) is 60.9 Å². The third-order valence-corrected chi connectivity index (χ3v) is 7.72. The largest absolute Gasteiger partial charge is 0.477 e. The summed E-state index contributed by atoms with van der Waals surface area (Å²) < 4.78 is 39.9. The third-order valence-electron chi connectivity index (χ3n) is 7.72. The number of piperazine rings is 1. The summed E-state index contributed by atoms with van der Waals surface area (Å²) in [7, 11) is 0.